The Morgan fingerprint density at radius 1 is 1.52 bits per heavy atom. The molecular formula is C13H15ClN2O4S. The summed E-state index contributed by atoms with van der Waals surface area (Å²) in [5, 5.41) is 18.1. The Balaban J connectivity index is 3.00. The van der Waals surface area contributed by atoms with Crippen LogP contribution in [0.5, 0.6) is 0 Å². The van der Waals surface area contributed by atoms with E-state index >= 15 is 0 Å². The van der Waals surface area contributed by atoms with Crippen molar-refractivity contribution in [1.29, 1.82) is 5.26 Å². The van der Waals surface area contributed by atoms with Crippen molar-refractivity contribution in [3.05, 3.63) is 28.8 Å². The Morgan fingerprint density at radius 3 is 2.71 bits per heavy atom. The third-order valence-electron chi connectivity index (χ3n) is 2.86. The number of halogens is 1. The molecule has 6 nitrogen and oxygen atoms in total. The monoisotopic (exact) mass is 330 g/mol. The van der Waals surface area contributed by atoms with Gasteiger partial charge < -0.3 is 5.11 Å². The molecule has 0 amide bonds. The van der Waals surface area contributed by atoms with Crippen LogP contribution in [-0.2, 0) is 14.8 Å². The maximum atomic E-state index is 12.2. The van der Waals surface area contributed by atoms with Crippen LogP contribution < -0.4 is 4.72 Å². The topological polar surface area (TPSA) is 107 Å². The minimum Gasteiger partial charge on any atom is -0.481 e. The van der Waals surface area contributed by atoms with Crippen LogP contribution in [0.25, 0.3) is 0 Å². The molecule has 114 valence electrons. The molecule has 0 heterocycles. The van der Waals surface area contributed by atoms with Gasteiger partial charge in [-0.1, -0.05) is 24.9 Å². The fourth-order valence-electron chi connectivity index (χ4n) is 1.76. The third-order valence-corrected chi connectivity index (χ3v) is 4.56. The molecular weight excluding hydrogens is 316 g/mol. The smallest absolute Gasteiger partial charge is 0.307 e. The van der Waals surface area contributed by atoms with Gasteiger partial charge in [0.2, 0.25) is 10.0 Å². The van der Waals surface area contributed by atoms with Crippen molar-refractivity contribution in [2.75, 3.05) is 6.54 Å². The summed E-state index contributed by atoms with van der Waals surface area (Å²) >= 11 is 5.75. The second-order valence-electron chi connectivity index (χ2n) is 4.43. The van der Waals surface area contributed by atoms with E-state index in [2.05, 4.69) is 4.72 Å². The maximum absolute atomic E-state index is 12.2. The van der Waals surface area contributed by atoms with Gasteiger partial charge in [0, 0.05) is 11.6 Å². The number of nitriles is 1. The summed E-state index contributed by atoms with van der Waals surface area (Å²) in [6.45, 7) is 1.58. The summed E-state index contributed by atoms with van der Waals surface area (Å²) < 4.78 is 26.6. The van der Waals surface area contributed by atoms with E-state index in [4.69, 9.17) is 22.0 Å². The quantitative estimate of drug-likeness (QED) is 0.795. The van der Waals surface area contributed by atoms with Gasteiger partial charge in [0.15, 0.2) is 0 Å². The molecule has 0 bridgehead atoms. The maximum Gasteiger partial charge on any atom is 0.307 e. The Morgan fingerprint density at radius 2 is 2.19 bits per heavy atom. The molecule has 1 aromatic carbocycles. The highest BCUT2D eigenvalue weighted by atomic mass is 35.5. The first-order chi connectivity index (χ1) is 9.81. The average Bonchev–Trinajstić information content (AvgIpc) is 2.43. The average molecular weight is 331 g/mol. The standard InChI is InChI=1S/C13H15ClN2O4S/c1-2-3-10(13(17)18)8-16-21(19,20)12-6-11(14)5-4-9(12)7-15/h4-6,10,16H,2-3,8H2,1H3,(H,17,18). The summed E-state index contributed by atoms with van der Waals surface area (Å²) in [4.78, 5) is 10.8. The molecule has 0 radical (unpaired) electrons. The summed E-state index contributed by atoms with van der Waals surface area (Å²) in [5.74, 6) is -1.87. The highest BCUT2D eigenvalue weighted by Gasteiger charge is 2.23. The predicted molar refractivity (Wildman–Crippen MR) is 77.4 cm³/mol. The van der Waals surface area contributed by atoms with E-state index in [1.165, 1.54) is 12.1 Å². The molecule has 0 spiro atoms. The normalized spacial score (nSPS) is 12.6. The van der Waals surface area contributed by atoms with Crippen LogP contribution in [0, 0.1) is 17.2 Å². The number of aliphatic carboxylic acids is 1. The zero-order chi connectivity index (χ0) is 16.0. The lowest BCUT2D eigenvalue weighted by Gasteiger charge is -2.13. The van der Waals surface area contributed by atoms with Crippen LogP contribution >= 0.6 is 11.6 Å². The van der Waals surface area contributed by atoms with Crippen molar-refractivity contribution in [1.82, 2.24) is 4.72 Å². The van der Waals surface area contributed by atoms with Gasteiger partial charge in [-0.2, -0.15) is 5.26 Å². The molecule has 0 saturated heterocycles. The second-order valence-corrected chi connectivity index (χ2v) is 6.60. The fourth-order valence-corrected chi connectivity index (χ4v) is 3.26. The van der Waals surface area contributed by atoms with Crippen molar-refractivity contribution in [3.8, 4) is 6.07 Å². The number of carboxylic acids is 1. The van der Waals surface area contributed by atoms with Gasteiger partial charge in [-0.25, -0.2) is 13.1 Å². The minimum absolute atomic E-state index is 0.0470. The van der Waals surface area contributed by atoms with Crippen molar-refractivity contribution in [3.63, 3.8) is 0 Å². The van der Waals surface area contributed by atoms with Crippen LogP contribution in [0.3, 0.4) is 0 Å². The number of rotatable bonds is 7. The molecule has 0 saturated carbocycles. The second kappa shape index (κ2) is 7.41. The number of carbonyl (C=O) groups is 1. The molecule has 0 aliphatic heterocycles. The van der Waals surface area contributed by atoms with Crippen LogP contribution in [-0.4, -0.2) is 26.0 Å². The van der Waals surface area contributed by atoms with Crippen molar-refractivity contribution in [2.45, 2.75) is 24.7 Å². The predicted octanol–water partition coefficient (Wildman–Crippen LogP) is 1.99. The van der Waals surface area contributed by atoms with E-state index in [9.17, 15) is 13.2 Å². The molecule has 2 N–H and O–H groups in total. The fraction of sp³-hybridized carbons (Fsp3) is 0.385. The van der Waals surface area contributed by atoms with Crippen LogP contribution in [0.4, 0.5) is 0 Å². The Kier molecular flexibility index (Phi) is 6.15. The van der Waals surface area contributed by atoms with Crippen molar-refractivity contribution < 1.29 is 18.3 Å². The highest BCUT2D eigenvalue weighted by Crippen LogP contribution is 2.20. The minimum atomic E-state index is -3.99. The highest BCUT2D eigenvalue weighted by molar-refractivity contribution is 7.89. The van der Waals surface area contributed by atoms with Crippen LogP contribution in [0.1, 0.15) is 25.3 Å². The van der Waals surface area contributed by atoms with Gasteiger partial charge in [0.05, 0.1) is 11.5 Å². The molecule has 1 unspecified atom stereocenters. The first-order valence-electron chi connectivity index (χ1n) is 6.24. The zero-order valence-corrected chi connectivity index (χ0v) is 12.9. The number of sulfonamides is 1. The van der Waals surface area contributed by atoms with Gasteiger partial charge in [-0.3, -0.25) is 4.79 Å². The van der Waals surface area contributed by atoms with Crippen molar-refractivity contribution in [2.24, 2.45) is 5.92 Å². The lowest BCUT2D eigenvalue weighted by atomic mass is 10.1. The first kappa shape index (κ1) is 17.4. The van der Waals surface area contributed by atoms with E-state index in [1.54, 1.807) is 6.07 Å². The van der Waals surface area contributed by atoms with Gasteiger partial charge >= 0.3 is 5.97 Å². The lowest BCUT2D eigenvalue weighted by molar-refractivity contribution is -0.141. The first-order valence-corrected chi connectivity index (χ1v) is 8.10. The zero-order valence-electron chi connectivity index (χ0n) is 11.3. The number of hydrogen-bond acceptors (Lipinski definition) is 4. The number of benzene rings is 1. The molecule has 0 fully saturated rings. The Bertz CT molecular complexity index is 667. The van der Waals surface area contributed by atoms with E-state index in [0.29, 0.717) is 12.8 Å². The lowest BCUT2D eigenvalue weighted by Crippen LogP contribution is -2.33. The SMILES string of the molecule is CCCC(CNS(=O)(=O)c1cc(Cl)ccc1C#N)C(=O)O. The summed E-state index contributed by atoms with van der Waals surface area (Å²) in [6, 6.07) is 5.65. The third kappa shape index (κ3) is 4.70. The molecule has 1 rings (SSSR count). The Labute approximate surface area is 128 Å². The Hall–Kier alpha value is -1.62. The van der Waals surface area contributed by atoms with E-state index in [1.807, 2.05) is 6.92 Å². The number of hydrogen-bond donors (Lipinski definition) is 2. The number of carboxylic acid groups (broad SMARTS) is 1. The molecule has 1 aromatic rings. The summed E-state index contributed by atoms with van der Waals surface area (Å²) in [6.07, 6.45) is 0.984. The summed E-state index contributed by atoms with van der Waals surface area (Å²) in [5.41, 5.74) is -0.0470. The van der Waals surface area contributed by atoms with Gasteiger partial charge in [-0.05, 0) is 24.6 Å². The van der Waals surface area contributed by atoms with Crippen LogP contribution in [0.15, 0.2) is 23.1 Å². The molecule has 8 heteroatoms. The number of nitrogens with one attached hydrogen (secondary N) is 1. The van der Waals surface area contributed by atoms with Gasteiger partial charge in [0.25, 0.3) is 0 Å². The molecule has 0 aromatic heterocycles. The molecule has 21 heavy (non-hydrogen) atoms. The number of nitrogens with zero attached hydrogens (tertiary/aromatic N) is 1. The van der Waals surface area contributed by atoms with E-state index in [-0.39, 0.29) is 22.0 Å². The largest absolute Gasteiger partial charge is 0.481 e. The summed E-state index contributed by atoms with van der Waals surface area (Å²) in [7, 11) is -3.99. The van der Waals surface area contributed by atoms with E-state index < -0.39 is 21.9 Å². The molecule has 0 aliphatic carbocycles. The molecule has 1 atom stereocenters. The van der Waals surface area contributed by atoms with E-state index in [0.717, 1.165) is 6.07 Å². The van der Waals surface area contributed by atoms with Crippen molar-refractivity contribution >= 4 is 27.6 Å². The van der Waals surface area contributed by atoms with Crippen LogP contribution in [0.2, 0.25) is 5.02 Å². The molecule has 0 aliphatic rings. The van der Waals surface area contributed by atoms with Gasteiger partial charge in [-0.15, -0.1) is 0 Å². The van der Waals surface area contributed by atoms with Gasteiger partial charge in [0.1, 0.15) is 11.0 Å².